The van der Waals surface area contributed by atoms with Crippen molar-refractivity contribution < 1.29 is 18.3 Å². The summed E-state index contributed by atoms with van der Waals surface area (Å²) in [5.74, 6) is -0.566. The predicted molar refractivity (Wildman–Crippen MR) is 79.0 cm³/mol. The van der Waals surface area contributed by atoms with Crippen LogP contribution in [0, 0.1) is 5.92 Å². The van der Waals surface area contributed by atoms with Crippen molar-refractivity contribution in [3.63, 3.8) is 0 Å². The average Bonchev–Trinajstić information content (AvgIpc) is 2.38. The molecule has 2 unspecified atom stereocenters. The molecule has 1 fully saturated rings. The van der Waals surface area contributed by atoms with Crippen LogP contribution in [0.2, 0.25) is 0 Å². The van der Waals surface area contributed by atoms with Crippen LogP contribution in [0.4, 0.5) is 5.82 Å². The van der Waals surface area contributed by atoms with Gasteiger partial charge >= 0.3 is 5.97 Å². The Labute approximate surface area is 124 Å². The summed E-state index contributed by atoms with van der Waals surface area (Å²) in [6.45, 7) is 2.01. The van der Waals surface area contributed by atoms with Gasteiger partial charge in [-0.15, -0.1) is 0 Å². The monoisotopic (exact) mass is 312 g/mol. The van der Waals surface area contributed by atoms with Crippen LogP contribution >= 0.6 is 0 Å². The van der Waals surface area contributed by atoms with E-state index in [9.17, 15) is 18.3 Å². The second kappa shape index (κ2) is 5.63. The first-order chi connectivity index (χ1) is 9.74. The van der Waals surface area contributed by atoms with E-state index in [2.05, 4.69) is 10.3 Å². The first-order valence-corrected chi connectivity index (χ1v) is 8.80. The molecule has 1 heterocycles. The van der Waals surface area contributed by atoms with Crippen LogP contribution in [0.5, 0.6) is 0 Å². The van der Waals surface area contributed by atoms with E-state index in [0.717, 1.165) is 19.1 Å². The molecule has 0 amide bonds. The fraction of sp³-hybridized carbons (Fsp3) is 0.571. The molecule has 1 aromatic heterocycles. The van der Waals surface area contributed by atoms with Gasteiger partial charge in [0.25, 0.3) is 0 Å². The Kier molecular flexibility index (Phi) is 4.22. The van der Waals surface area contributed by atoms with Gasteiger partial charge in [-0.3, -0.25) is 0 Å². The lowest BCUT2D eigenvalue weighted by Crippen LogP contribution is -2.50. The van der Waals surface area contributed by atoms with Gasteiger partial charge in [-0.2, -0.15) is 0 Å². The van der Waals surface area contributed by atoms with Crippen molar-refractivity contribution in [3.8, 4) is 0 Å². The third-order valence-corrected chi connectivity index (χ3v) is 5.06. The lowest BCUT2D eigenvalue weighted by Gasteiger charge is -2.37. The molecule has 0 radical (unpaired) electrons. The Balaban J connectivity index is 2.41. The summed E-state index contributed by atoms with van der Waals surface area (Å²) in [6.07, 6.45) is 5.25. The van der Waals surface area contributed by atoms with Gasteiger partial charge in [-0.1, -0.05) is 19.8 Å². The highest BCUT2D eigenvalue weighted by Gasteiger charge is 2.42. The summed E-state index contributed by atoms with van der Waals surface area (Å²) < 4.78 is 23.6. The number of nitrogens with one attached hydrogen (secondary N) is 1. The maximum Gasteiger partial charge on any atom is 0.329 e. The number of rotatable bonds is 4. The number of carboxylic acid groups (broad SMARTS) is 1. The maximum atomic E-state index is 11.8. The summed E-state index contributed by atoms with van der Waals surface area (Å²) in [4.78, 5) is 15.8. The molecule has 0 aliphatic heterocycles. The van der Waals surface area contributed by atoms with E-state index in [1.54, 1.807) is 0 Å². The average molecular weight is 312 g/mol. The minimum absolute atomic E-state index is 0.0313. The molecule has 7 heteroatoms. The van der Waals surface area contributed by atoms with Crippen LogP contribution < -0.4 is 5.32 Å². The molecular weight excluding hydrogens is 292 g/mol. The third kappa shape index (κ3) is 3.34. The topological polar surface area (TPSA) is 96.4 Å². The Hall–Kier alpha value is -1.63. The van der Waals surface area contributed by atoms with Gasteiger partial charge in [-0.05, 0) is 30.9 Å². The molecule has 2 atom stereocenters. The molecule has 1 aliphatic rings. The molecule has 0 saturated heterocycles. The Morgan fingerprint density at radius 2 is 2.24 bits per heavy atom. The van der Waals surface area contributed by atoms with Crippen LogP contribution in [-0.2, 0) is 14.6 Å². The number of anilines is 1. The van der Waals surface area contributed by atoms with Crippen molar-refractivity contribution in [1.29, 1.82) is 0 Å². The van der Waals surface area contributed by atoms with Crippen molar-refractivity contribution in [3.05, 3.63) is 18.3 Å². The molecule has 0 aromatic carbocycles. The maximum absolute atomic E-state index is 11.8. The van der Waals surface area contributed by atoms with E-state index >= 15 is 0 Å². The molecule has 0 spiro atoms. The molecule has 2 N–H and O–H groups in total. The van der Waals surface area contributed by atoms with E-state index < -0.39 is 21.3 Å². The summed E-state index contributed by atoms with van der Waals surface area (Å²) in [6, 6.07) is 2.96. The lowest BCUT2D eigenvalue weighted by molar-refractivity contribution is -0.144. The third-order valence-electron chi connectivity index (χ3n) is 3.93. The van der Waals surface area contributed by atoms with Gasteiger partial charge in [-0.25, -0.2) is 18.2 Å². The van der Waals surface area contributed by atoms with E-state index in [1.807, 2.05) is 6.92 Å². The number of aromatic nitrogens is 1. The van der Waals surface area contributed by atoms with Gasteiger partial charge in [0.15, 0.2) is 9.84 Å². The molecule has 6 nitrogen and oxygen atoms in total. The zero-order valence-corrected chi connectivity index (χ0v) is 13.0. The zero-order chi connectivity index (χ0) is 15.7. The van der Waals surface area contributed by atoms with Crippen LogP contribution in [0.15, 0.2) is 23.2 Å². The Morgan fingerprint density at radius 3 is 2.81 bits per heavy atom. The van der Waals surface area contributed by atoms with Crippen molar-refractivity contribution in [2.24, 2.45) is 5.92 Å². The van der Waals surface area contributed by atoms with Gasteiger partial charge in [0.2, 0.25) is 0 Å². The fourth-order valence-corrected chi connectivity index (χ4v) is 3.70. The molecule has 1 aromatic rings. The van der Waals surface area contributed by atoms with E-state index in [-0.39, 0.29) is 16.6 Å². The molecule has 116 valence electrons. The van der Waals surface area contributed by atoms with Gasteiger partial charge in [0.1, 0.15) is 16.3 Å². The second-order valence-corrected chi connectivity index (χ2v) is 7.82. The van der Waals surface area contributed by atoms with Crippen molar-refractivity contribution in [1.82, 2.24) is 4.98 Å². The number of sulfone groups is 1. The zero-order valence-electron chi connectivity index (χ0n) is 12.2. The molecule has 1 saturated carbocycles. The number of pyridine rings is 1. The smallest absolute Gasteiger partial charge is 0.329 e. The van der Waals surface area contributed by atoms with Crippen LogP contribution in [0.3, 0.4) is 0 Å². The molecule has 2 rings (SSSR count). The Morgan fingerprint density at radius 1 is 1.52 bits per heavy atom. The van der Waals surface area contributed by atoms with Crippen LogP contribution in [-0.4, -0.2) is 36.3 Å². The van der Waals surface area contributed by atoms with Gasteiger partial charge in [0.05, 0.1) is 0 Å². The second-order valence-electron chi connectivity index (χ2n) is 5.84. The summed E-state index contributed by atoms with van der Waals surface area (Å²) in [7, 11) is -3.47. The number of carboxylic acids is 1. The largest absolute Gasteiger partial charge is 0.480 e. The Bertz CT molecular complexity index is 644. The minimum Gasteiger partial charge on any atom is -0.480 e. The minimum atomic E-state index is -3.47. The van der Waals surface area contributed by atoms with E-state index in [4.69, 9.17) is 0 Å². The fourth-order valence-electron chi connectivity index (χ4n) is 2.92. The molecule has 1 aliphatic carbocycles. The quantitative estimate of drug-likeness (QED) is 0.882. The SMILES string of the molecule is CC1CCCC(Nc2ncccc2S(C)(=O)=O)(C(=O)O)C1. The van der Waals surface area contributed by atoms with Gasteiger partial charge in [0, 0.05) is 12.5 Å². The first-order valence-electron chi connectivity index (χ1n) is 6.91. The predicted octanol–water partition coefficient (Wildman–Crippen LogP) is 1.93. The first kappa shape index (κ1) is 15.8. The van der Waals surface area contributed by atoms with Crippen molar-refractivity contribution >= 4 is 21.6 Å². The number of aliphatic carboxylic acids is 1. The van der Waals surface area contributed by atoms with E-state index in [1.165, 1.54) is 18.3 Å². The highest BCUT2D eigenvalue weighted by molar-refractivity contribution is 7.90. The summed E-state index contributed by atoms with van der Waals surface area (Å²) in [5.41, 5.74) is -1.15. The van der Waals surface area contributed by atoms with E-state index in [0.29, 0.717) is 12.8 Å². The van der Waals surface area contributed by atoms with Crippen molar-refractivity contribution in [2.45, 2.75) is 43.0 Å². The van der Waals surface area contributed by atoms with Crippen LogP contribution in [0.1, 0.15) is 32.6 Å². The standard InChI is InChI=1S/C14H20N2O4S/c1-10-5-3-7-14(9-10,13(17)18)16-12-11(21(2,19)20)6-4-8-15-12/h4,6,8,10H,3,5,7,9H2,1-2H3,(H,15,16)(H,17,18). The highest BCUT2D eigenvalue weighted by Crippen LogP contribution is 2.36. The van der Waals surface area contributed by atoms with Crippen LogP contribution in [0.25, 0.3) is 0 Å². The molecule has 0 bridgehead atoms. The molecular formula is C14H20N2O4S. The van der Waals surface area contributed by atoms with Gasteiger partial charge < -0.3 is 10.4 Å². The van der Waals surface area contributed by atoms with Crippen molar-refractivity contribution in [2.75, 3.05) is 11.6 Å². The number of nitrogens with zero attached hydrogens (tertiary/aromatic N) is 1. The molecule has 21 heavy (non-hydrogen) atoms. The normalized spacial score (nSPS) is 26.3. The highest BCUT2D eigenvalue weighted by atomic mass is 32.2. The lowest BCUT2D eigenvalue weighted by atomic mass is 9.76. The summed E-state index contributed by atoms with van der Waals surface area (Å²) >= 11 is 0. The summed E-state index contributed by atoms with van der Waals surface area (Å²) in [5, 5.41) is 12.5. The number of hydrogen-bond donors (Lipinski definition) is 2. The number of hydrogen-bond acceptors (Lipinski definition) is 5. The number of carbonyl (C=O) groups is 1.